The van der Waals surface area contributed by atoms with Gasteiger partial charge < -0.3 is 19.5 Å². The van der Waals surface area contributed by atoms with Gasteiger partial charge in [-0.1, -0.05) is 23.7 Å². The molecule has 0 saturated carbocycles. The second kappa shape index (κ2) is 11.3. The molecule has 4 rings (SSSR count). The number of ketones is 1. The number of likely N-dealkylation sites (tertiary alicyclic amines) is 1. The quantitative estimate of drug-likeness (QED) is 0.194. The van der Waals surface area contributed by atoms with E-state index in [-0.39, 0.29) is 24.5 Å². The van der Waals surface area contributed by atoms with E-state index >= 15 is 0 Å². The molecule has 2 aromatic carbocycles. The van der Waals surface area contributed by atoms with Gasteiger partial charge in [0.25, 0.3) is 11.7 Å². The number of Topliss-reactive ketones (excluding diaryl/α,β-unsaturated/α-hetero) is 1. The fourth-order valence-corrected chi connectivity index (χ4v) is 4.34. The highest BCUT2D eigenvalue weighted by Gasteiger charge is 2.46. The van der Waals surface area contributed by atoms with Crippen LogP contribution in [0.25, 0.3) is 5.76 Å². The molecule has 1 aliphatic rings. The molecule has 1 N–H and O–H groups in total. The van der Waals surface area contributed by atoms with E-state index in [0.717, 1.165) is 0 Å². The Morgan fingerprint density at radius 3 is 2.32 bits per heavy atom. The third kappa shape index (κ3) is 5.34. The van der Waals surface area contributed by atoms with Crippen LogP contribution in [0.2, 0.25) is 5.02 Å². The topological polar surface area (TPSA) is 106 Å². The van der Waals surface area contributed by atoms with Gasteiger partial charge in [-0.25, -0.2) is 4.79 Å². The molecule has 3 aromatic rings. The van der Waals surface area contributed by atoms with Crippen molar-refractivity contribution in [1.82, 2.24) is 9.88 Å². The Labute approximate surface area is 219 Å². The molecule has 37 heavy (non-hydrogen) atoms. The fraction of sp³-hybridized carbons (Fsp3) is 0.214. The van der Waals surface area contributed by atoms with Crippen molar-refractivity contribution in [2.24, 2.45) is 0 Å². The average molecular weight is 521 g/mol. The van der Waals surface area contributed by atoms with E-state index in [0.29, 0.717) is 39.6 Å². The van der Waals surface area contributed by atoms with E-state index in [1.165, 1.54) is 11.0 Å². The lowest BCUT2D eigenvalue weighted by molar-refractivity contribution is -0.140. The Hall–Kier alpha value is -4.17. The minimum Gasteiger partial charge on any atom is -0.507 e. The van der Waals surface area contributed by atoms with Crippen LogP contribution in [-0.4, -0.2) is 45.9 Å². The predicted octanol–water partition coefficient (Wildman–Crippen LogP) is 4.93. The van der Waals surface area contributed by atoms with E-state index in [2.05, 4.69) is 4.98 Å². The Bertz CT molecular complexity index is 1350. The normalized spacial score (nSPS) is 16.6. The third-order valence-electron chi connectivity index (χ3n) is 5.88. The summed E-state index contributed by atoms with van der Waals surface area (Å²) in [6.07, 6.45) is 3.11. The van der Waals surface area contributed by atoms with Gasteiger partial charge in [-0.15, -0.1) is 0 Å². The summed E-state index contributed by atoms with van der Waals surface area (Å²) < 4.78 is 10.5. The van der Waals surface area contributed by atoms with Crippen LogP contribution in [0.5, 0.6) is 5.75 Å². The SMILES string of the molecule is CCOC(=O)c1ccc(CN2C(=O)C(=O)/C(=C(\O)c3ccc(Cl)c(OCC)c3)C2c2ccncc2)cc1. The largest absolute Gasteiger partial charge is 0.507 e. The van der Waals surface area contributed by atoms with Crippen LogP contribution in [0.4, 0.5) is 0 Å². The number of aliphatic hydroxyl groups is 1. The first-order valence-electron chi connectivity index (χ1n) is 11.7. The molecule has 1 atom stereocenters. The summed E-state index contributed by atoms with van der Waals surface area (Å²) in [5.41, 5.74) is 1.93. The number of amides is 1. The Morgan fingerprint density at radius 1 is 1.00 bits per heavy atom. The first kappa shape index (κ1) is 25.9. The lowest BCUT2D eigenvalue weighted by Gasteiger charge is -2.25. The Balaban J connectivity index is 1.76. The molecule has 1 saturated heterocycles. The molecule has 1 unspecified atom stereocenters. The number of carbonyl (C=O) groups is 3. The molecule has 0 bridgehead atoms. The highest BCUT2D eigenvalue weighted by atomic mass is 35.5. The maximum atomic E-state index is 13.3. The van der Waals surface area contributed by atoms with E-state index in [9.17, 15) is 19.5 Å². The van der Waals surface area contributed by atoms with Crippen molar-refractivity contribution in [1.29, 1.82) is 0 Å². The maximum Gasteiger partial charge on any atom is 0.338 e. The maximum absolute atomic E-state index is 13.3. The van der Waals surface area contributed by atoms with Gasteiger partial charge in [0, 0.05) is 24.5 Å². The Morgan fingerprint density at radius 2 is 1.68 bits per heavy atom. The second-order valence-electron chi connectivity index (χ2n) is 8.20. The number of benzene rings is 2. The van der Waals surface area contributed by atoms with Crippen molar-refractivity contribution in [3.63, 3.8) is 0 Å². The number of aromatic nitrogens is 1. The van der Waals surface area contributed by atoms with Gasteiger partial charge in [-0.05, 0) is 67.4 Å². The molecule has 0 radical (unpaired) electrons. The smallest absolute Gasteiger partial charge is 0.338 e. The zero-order valence-corrected chi connectivity index (χ0v) is 21.1. The standard InChI is InChI=1S/C28H25ClN2O6/c1-3-36-22-15-20(9-10-21(22)29)25(32)23-24(18-11-13-30-14-12-18)31(27(34)26(23)33)16-17-5-7-19(8-6-17)28(35)37-4-2/h5-15,24,32H,3-4,16H2,1-2H3/b25-23-. The van der Waals surface area contributed by atoms with Gasteiger partial charge >= 0.3 is 5.97 Å². The Kier molecular flexibility index (Phi) is 7.89. The predicted molar refractivity (Wildman–Crippen MR) is 137 cm³/mol. The van der Waals surface area contributed by atoms with Gasteiger partial charge in [0.2, 0.25) is 0 Å². The number of ether oxygens (including phenoxy) is 2. The minimum absolute atomic E-state index is 0.0517. The van der Waals surface area contributed by atoms with Gasteiger partial charge in [0.05, 0.1) is 35.4 Å². The molecule has 190 valence electrons. The summed E-state index contributed by atoms with van der Waals surface area (Å²) in [6, 6.07) is 13.8. The van der Waals surface area contributed by atoms with Crippen LogP contribution in [-0.2, 0) is 20.9 Å². The number of halogens is 1. The molecular weight excluding hydrogens is 496 g/mol. The first-order chi connectivity index (χ1) is 17.8. The van der Waals surface area contributed by atoms with Crippen LogP contribution in [0.1, 0.15) is 46.9 Å². The molecular formula is C28H25ClN2O6. The summed E-state index contributed by atoms with van der Waals surface area (Å²) in [4.78, 5) is 43.9. The number of nitrogens with zero attached hydrogens (tertiary/aromatic N) is 2. The number of rotatable bonds is 8. The third-order valence-corrected chi connectivity index (χ3v) is 6.20. The molecule has 1 aliphatic heterocycles. The van der Waals surface area contributed by atoms with E-state index in [1.807, 2.05) is 0 Å². The van der Waals surface area contributed by atoms with Gasteiger partial charge in [0.15, 0.2) is 0 Å². The zero-order valence-electron chi connectivity index (χ0n) is 20.3. The summed E-state index contributed by atoms with van der Waals surface area (Å²) in [6.45, 7) is 4.22. The number of hydrogen-bond donors (Lipinski definition) is 1. The van der Waals surface area contributed by atoms with Crippen LogP contribution < -0.4 is 4.74 Å². The monoisotopic (exact) mass is 520 g/mol. The van der Waals surface area contributed by atoms with Crippen molar-refractivity contribution >= 4 is 35.0 Å². The van der Waals surface area contributed by atoms with Gasteiger partial charge in [-0.3, -0.25) is 14.6 Å². The van der Waals surface area contributed by atoms with Crippen molar-refractivity contribution in [2.75, 3.05) is 13.2 Å². The number of pyridine rings is 1. The summed E-state index contributed by atoms with van der Waals surface area (Å²) >= 11 is 6.19. The number of carbonyl (C=O) groups excluding carboxylic acids is 3. The lowest BCUT2D eigenvalue weighted by atomic mass is 9.95. The first-order valence-corrected chi connectivity index (χ1v) is 12.1. The molecule has 8 nitrogen and oxygen atoms in total. The molecule has 9 heteroatoms. The van der Waals surface area contributed by atoms with Crippen molar-refractivity contribution in [3.05, 3.63) is 99.8 Å². The molecule has 0 spiro atoms. The van der Waals surface area contributed by atoms with Crippen molar-refractivity contribution in [3.8, 4) is 5.75 Å². The van der Waals surface area contributed by atoms with Crippen molar-refractivity contribution in [2.45, 2.75) is 26.4 Å². The molecule has 1 amide bonds. The molecule has 1 aromatic heterocycles. The summed E-state index contributed by atoms with van der Waals surface area (Å²) in [5.74, 6) is -1.99. The number of esters is 1. The average Bonchev–Trinajstić information content (AvgIpc) is 3.15. The molecule has 0 aliphatic carbocycles. The van der Waals surface area contributed by atoms with Crippen LogP contribution >= 0.6 is 11.6 Å². The van der Waals surface area contributed by atoms with Crippen LogP contribution in [0, 0.1) is 0 Å². The summed E-state index contributed by atoms with van der Waals surface area (Å²) in [5, 5.41) is 11.6. The van der Waals surface area contributed by atoms with Gasteiger partial charge in [-0.2, -0.15) is 0 Å². The van der Waals surface area contributed by atoms with E-state index in [4.69, 9.17) is 21.1 Å². The van der Waals surface area contributed by atoms with Crippen LogP contribution in [0.15, 0.2) is 72.6 Å². The number of hydrogen-bond acceptors (Lipinski definition) is 7. The molecule has 1 fully saturated rings. The van der Waals surface area contributed by atoms with Gasteiger partial charge in [0.1, 0.15) is 11.5 Å². The van der Waals surface area contributed by atoms with E-state index < -0.39 is 23.7 Å². The summed E-state index contributed by atoms with van der Waals surface area (Å²) in [7, 11) is 0. The highest BCUT2D eigenvalue weighted by Crippen LogP contribution is 2.41. The second-order valence-corrected chi connectivity index (χ2v) is 8.61. The van der Waals surface area contributed by atoms with Crippen molar-refractivity contribution < 1.29 is 29.0 Å². The fourth-order valence-electron chi connectivity index (χ4n) is 4.17. The minimum atomic E-state index is -0.862. The highest BCUT2D eigenvalue weighted by molar-refractivity contribution is 6.46. The van der Waals surface area contributed by atoms with Crippen LogP contribution in [0.3, 0.4) is 0 Å². The zero-order chi connectivity index (χ0) is 26.5. The molecule has 2 heterocycles. The number of aliphatic hydroxyl groups excluding tert-OH is 1. The van der Waals surface area contributed by atoms with E-state index in [1.54, 1.807) is 74.8 Å². The lowest BCUT2D eigenvalue weighted by Crippen LogP contribution is -2.29.